The Balaban J connectivity index is 1.47. The summed E-state index contributed by atoms with van der Waals surface area (Å²) >= 11 is 0. The fraction of sp³-hybridized carbons (Fsp3) is 0.435. The molecule has 1 saturated carbocycles. The molecule has 7 heteroatoms. The Morgan fingerprint density at radius 3 is 2.23 bits per heavy atom. The SMILES string of the molecule is NS(=O)(=O)c1ccc(CCNC(=O)CN(CCc2ccccc2)C2CCCC2)cc1. The quantitative estimate of drug-likeness (QED) is 0.607. The molecule has 0 aliphatic heterocycles. The van der Waals surface area contributed by atoms with Crippen molar-refractivity contribution in [2.24, 2.45) is 5.14 Å². The Morgan fingerprint density at radius 1 is 0.967 bits per heavy atom. The van der Waals surface area contributed by atoms with E-state index in [0.29, 0.717) is 25.6 Å². The molecule has 0 spiro atoms. The van der Waals surface area contributed by atoms with Crippen molar-refractivity contribution in [1.82, 2.24) is 10.2 Å². The topological polar surface area (TPSA) is 92.5 Å². The predicted molar refractivity (Wildman–Crippen MR) is 119 cm³/mol. The second-order valence-corrected chi connectivity index (χ2v) is 9.49. The third kappa shape index (κ3) is 6.93. The summed E-state index contributed by atoms with van der Waals surface area (Å²) in [6, 6.07) is 17.3. The van der Waals surface area contributed by atoms with Crippen molar-refractivity contribution in [3.8, 4) is 0 Å². The molecule has 162 valence electrons. The molecule has 0 heterocycles. The molecule has 2 aromatic carbocycles. The van der Waals surface area contributed by atoms with Crippen LogP contribution in [0.3, 0.4) is 0 Å². The van der Waals surface area contributed by atoms with Crippen molar-refractivity contribution < 1.29 is 13.2 Å². The Morgan fingerprint density at radius 2 is 1.60 bits per heavy atom. The smallest absolute Gasteiger partial charge is 0.238 e. The summed E-state index contributed by atoms with van der Waals surface area (Å²) in [5.74, 6) is 0.0381. The van der Waals surface area contributed by atoms with Crippen molar-refractivity contribution in [1.29, 1.82) is 0 Å². The minimum Gasteiger partial charge on any atom is -0.355 e. The lowest BCUT2D eigenvalue weighted by Gasteiger charge is -2.28. The number of sulfonamides is 1. The highest BCUT2D eigenvalue weighted by atomic mass is 32.2. The first-order chi connectivity index (χ1) is 14.4. The zero-order valence-electron chi connectivity index (χ0n) is 17.3. The molecule has 3 rings (SSSR count). The normalized spacial score (nSPS) is 14.9. The molecule has 0 radical (unpaired) electrons. The van der Waals surface area contributed by atoms with Gasteiger partial charge in [-0.25, -0.2) is 13.6 Å². The lowest BCUT2D eigenvalue weighted by molar-refractivity contribution is -0.122. The van der Waals surface area contributed by atoms with Gasteiger partial charge in [-0.2, -0.15) is 0 Å². The van der Waals surface area contributed by atoms with Crippen molar-refractivity contribution in [2.75, 3.05) is 19.6 Å². The number of primary sulfonamides is 1. The lowest BCUT2D eigenvalue weighted by atomic mass is 10.1. The number of amides is 1. The van der Waals surface area contributed by atoms with Gasteiger partial charge in [-0.3, -0.25) is 9.69 Å². The molecule has 6 nitrogen and oxygen atoms in total. The summed E-state index contributed by atoms with van der Waals surface area (Å²) in [4.78, 5) is 15.0. The van der Waals surface area contributed by atoms with Crippen LogP contribution in [0.15, 0.2) is 59.5 Å². The molecule has 1 aliphatic rings. The van der Waals surface area contributed by atoms with Gasteiger partial charge < -0.3 is 5.32 Å². The minimum atomic E-state index is -3.68. The number of nitrogens with two attached hydrogens (primary N) is 1. The molecule has 0 atom stereocenters. The first-order valence-electron chi connectivity index (χ1n) is 10.6. The fourth-order valence-corrected chi connectivity index (χ4v) is 4.53. The van der Waals surface area contributed by atoms with Crippen LogP contribution in [-0.4, -0.2) is 44.9 Å². The first kappa shape index (κ1) is 22.5. The van der Waals surface area contributed by atoms with Crippen LogP contribution in [-0.2, 0) is 27.7 Å². The molecular weight excluding hydrogens is 398 g/mol. The largest absolute Gasteiger partial charge is 0.355 e. The average Bonchev–Trinajstić information content (AvgIpc) is 3.26. The van der Waals surface area contributed by atoms with E-state index in [2.05, 4.69) is 34.5 Å². The van der Waals surface area contributed by atoms with Gasteiger partial charge in [-0.1, -0.05) is 55.3 Å². The van der Waals surface area contributed by atoms with Crippen molar-refractivity contribution >= 4 is 15.9 Å². The Labute approximate surface area is 179 Å². The number of carbonyl (C=O) groups is 1. The maximum Gasteiger partial charge on any atom is 0.238 e. The van der Waals surface area contributed by atoms with Crippen LogP contribution in [0.4, 0.5) is 0 Å². The van der Waals surface area contributed by atoms with E-state index in [1.807, 2.05) is 6.07 Å². The number of nitrogens with one attached hydrogen (secondary N) is 1. The zero-order chi connectivity index (χ0) is 21.4. The number of rotatable bonds is 10. The van der Waals surface area contributed by atoms with Gasteiger partial charge in [0.1, 0.15) is 0 Å². The summed E-state index contributed by atoms with van der Waals surface area (Å²) in [5.41, 5.74) is 2.25. The molecule has 0 bridgehead atoms. The van der Waals surface area contributed by atoms with Crippen LogP contribution in [0.2, 0.25) is 0 Å². The summed E-state index contributed by atoms with van der Waals surface area (Å²) in [6.45, 7) is 1.82. The molecule has 0 unspecified atom stereocenters. The van der Waals surface area contributed by atoms with E-state index in [9.17, 15) is 13.2 Å². The minimum absolute atomic E-state index is 0.0381. The summed E-state index contributed by atoms with van der Waals surface area (Å²) in [5, 5.41) is 8.12. The average molecular weight is 430 g/mol. The van der Waals surface area contributed by atoms with E-state index < -0.39 is 10.0 Å². The molecule has 0 saturated heterocycles. The van der Waals surface area contributed by atoms with Crippen LogP contribution in [0.1, 0.15) is 36.8 Å². The van der Waals surface area contributed by atoms with E-state index in [4.69, 9.17) is 5.14 Å². The Kier molecular flexibility index (Phi) is 8.01. The standard InChI is InChI=1S/C23H31N3O3S/c24-30(28,29)22-12-10-20(11-13-22)14-16-25-23(27)18-26(21-8-4-5-9-21)17-15-19-6-2-1-3-7-19/h1-3,6-7,10-13,21H,4-5,8-9,14-18H2,(H,25,27)(H2,24,28,29). The molecule has 1 fully saturated rings. The number of hydrogen-bond donors (Lipinski definition) is 2. The van der Waals surface area contributed by atoms with Crippen molar-refractivity contribution in [2.45, 2.75) is 49.5 Å². The van der Waals surface area contributed by atoms with Gasteiger partial charge in [0.25, 0.3) is 0 Å². The predicted octanol–water partition coefficient (Wildman–Crippen LogP) is 2.48. The highest BCUT2D eigenvalue weighted by Crippen LogP contribution is 2.23. The van der Waals surface area contributed by atoms with Crippen molar-refractivity contribution in [3.63, 3.8) is 0 Å². The van der Waals surface area contributed by atoms with E-state index >= 15 is 0 Å². The zero-order valence-corrected chi connectivity index (χ0v) is 18.1. The highest BCUT2D eigenvalue weighted by Gasteiger charge is 2.24. The third-order valence-corrected chi connectivity index (χ3v) is 6.64. The molecular formula is C23H31N3O3S. The van der Waals surface area contributed by atoms with Crippen LogP contribution >= 0.6 is 0 Å². The van der Waals surface area contributed by atoms with Crippen LogP contribution in [0.5, 0.6) is 0 Å². The third-order valence-electron chi connectivity index (χ3n) is 5.71. The maximum absolute atomic E-state index is 12.5. The number of carbonyl (C=O) groups excluding carboxylic acids is 1. The Hall–Kier alpha value is -2.22. The molecule has 1 amide bonds. The molecule has 30 heavy (non-hydrogen) atoms. The van der Waals surface area contributed by atoms with E-state index in [1.54, 1.807) is 12.1 Å². The summed E-state index contributed by atoms with van der Waals surface area (Å²) < 4.78 is 22.6. The number of benzene rings is 2. The molecule has 1 aliphatic carbocycles. The van der Waals surface area contributed by atoms with E-state index in [0.717, 1.165) is 18.5 Å². The number of nitrogens with zero attached hydrogens (tertiary/aromatic N) is 1. The van der Waals surface area contributed by atoms with E-state index in [-0.39, 0.29) is 10.8 Å². The van der Waals surface area contributed by atoms with Gasteiger partial charge in [-0.05, 0) is 48.9 Å². The van der Waals surface area contributed by atoms with Gasteiger partial charge in [0.05, 0.1) is 11.4 Å². The highest BCUT2D eigenvalue weighted by molar-refractivity contribution is 7.89. The second kappa shape index (κ2) is 10.7. The molecule has 3 N–H and O–H groups in total. The van der Waals surface area contributed by atoms with Gasteiger partial charge in [0, 0.05) is 19.1 Å². The fourth-order valence-electron chi connectivity index (χ4n) is 4.01. The maximum atomic E-state index is 12.5. The van der Waals surface area contributed by atoms with Crippen molar-refractivity contribution in [3.05, 3.63) is 65.7 Å². The van der Waals surface area contributed by atoms with Gasteiger partial charge >= 0.3 is 0 Å². The number of hydrogen-bond acceptors (Lipinski definition) is 4. The lowest BCUT2D eigenvalue weighted by Crippen LogP contribution is -2.43. The summed E-state index contributed by atoms with van der Waals surface area (Å²) in [6.07, 6.45) is 6.40. The second-order valence-electron chi connectivity index (χ2n) is 7.93. The molecule has 2 aromatic rings. The van der Waals surface area contributed by atoms with Gasteiger partial charge in [0.2, 0.25) is 15.9 Å². The Bertz CT molecular complexity index is 908. The van der Waals surface area contributed by atoms with Gasteiger partial charge in [-0.15, -0.1) is 0 Å². The van der Waals surface area contributed by atoms with Crippen LogP contribution < -0.4 is 10.5 Å². The molecule has 0 aromatic heterocycles. The van der Waals surface area contributed by atoms with Gasteiger partial charge in [0.15, 0.2) is 0 Å². The van der Waals surface area contributed by atoms with Crippen LogP contribution in [0, 0.1) is 0 Å². The monoisotopic (exact) mass is 429 g/mol. The summed E-state index contributed by atoms with van der Waals surface area (Å²) in [7, 11) is -3.68. The first-order valence-corrected chi connectivity index (χ1v) is 12.1. The van der Waals surface area contributed by atoms with Crippen LogP contribution in [0.25, 0.3) is 0 Å². The van der Waals surface area contributed by atoms with E-state index in [1.165, 1.54) is 43.4 Å².